The molecule has 1 aromatic carbocycles. The van der Waals surface area contributed by atoms with Crippen LogP contribution in [0.25, 0.3) is 0 Å². The van der Waals surface area contributed by atoms with Crippen molar-refractivity contribution in [2.24, 2.45) is 23.7 Å². The van der Waals surface area contributed by atoms with Gasteiger partial charge in [0.25, 0.3) is 0 Å². The number of nitrogens with one attached hydrogen (secondary N) is 1. The van der Waals surface area contributed by atoms with Crippen LogP contribution in [0.3, 0.4) is 0 Å². The van der Waals surface area contributed by atoms with Crippen molar-refractivity contribution in [3.8, 4) is 0 Å². The molecule has 112 valence electrons. The molecule has 0 radical (unpaired) electrons. The zero-order valence-electron chi connectivity index (χ0n) is 12.2. The molecule has 0 aromatic heterocycles. The number of carbonyl (C=O) groups excluding carboxylic acids is 1. The highest BCUT2D eigenvalue weighted by Crippen LogP contribution is 2.52. The molecule has 3 rings (SSSR count). The highest BCUT2D eigenvalue weighted by molar-refractivity contribution is 5.86. The second kappa shape index (κ2) is 5.51. The van der Waals surface area contributed by atoms with Gasteiger partial charge >= 0.3 is 5.97 Å². The predicted octanol–water partition coefficient (Wildman–Crippen LogP) is 2.61. The van der Waals surface area contributed by atoms with E-state index < -0.39 is 11.9 Å². The summed E-state index contributed by atoms with van der Waals surface area (Å²) < 4.78 is 0. The Morgan fingerprint density at radius 3 is 2.38 bits per heavy atom. The zero-order valence-corrected chi connectivity index (χ0v) is 12.2. The number of benzene rings is 1. The first-order valence-electron chi connectivity index (χ1n) is 7.66. The lowest BCUT2D eigenvalue weighted by atomic mass is 9.78. The van der Waals surface area contributed by atoms with Crippen LogP contribution in [0.1, 0.15) is 37.8 Å². The van der Waals surface area contributed by atoms with E-state index in [1.54, 1.807) is 0 Å². The fourth-order valence-corrected chi connectivity index (χ4v) is 4.16. The van der Waals surface area contributed by atoms with Crippen LogP contribution >= 0.6 is 0 Å². The summed E-state index contributed by atoms with van der Waals surface area (Å²) in [5.74, 6) is -1.31. The van der Waals surface area contributed by atoms with E-state index in [0.717, 1.165) is 24.8 Å². The van der Waals surface area contributed by atoms with E-state index in [0.29, 0.717) is 0 Å². The predicted molar refractivity (Wildman–Crippen MR) is 78.4 cm³/mol. The highest BCUT2D eigenvalue weighted by atomic mass is 16.4. The first kappa shape index (κ1) is 14.1. The van der Waals surface area contributed by atoms with Gasteiger partial charge in [-0.2, -0.15) is 0 Å². The van der Waals surface area contributed by atoms with Crippen molar-refractivity contribution in [1.82, 2.24) is 5.32 Å². The minimum Gasteiger partial charge on any atom is -0.481 e. The van der Waals surface area contributed by atoms with Gasteiger partial charge in [-0.15, -0.1) is 0 Å². The number of carboxylic acid groups (broad SMARTS) is 1. The molecule has 2 bridgehead atoms. The number of rotatable bonds is 4. The zero-order chi connectivity index (χ0) is 15.0. The first-order chi connectivity index (χ1) is 10.1. The normalized spacial score (nSPS) is 31.9. The van der Waals surface area contributed by atoms with E-state index in [2.05, 4.69) is 5.32 Å². The molecular formula is C17H21NO3. The molecule has 0 aliphatic heterocycles. The Labute approximate surface area is 124 Å². The van der Waals surface area contributed by atoms with Gasteiger partial charge in [0.05, 0.1) is 17.9 Å². The molecule has 4 heteroatoms. The average Bonchev–Trinajstić information content (AvgIpc) is 3.08. The number of aliphatic carboxylic acids is 1. The van der Waals surface area contributed by atoms with Gasteiger partial charge in [0.2, 0.25) is 5.91 Å². The summed E-state index contributed by atoms with van der Waals surface area (Å²) in [5, 5.41) is 12.4. The van der Waals surface area contributed by atoms with E-state index in [1.807, 2.05) is 37.3 Å². The second-order valence-corrected chi connectivity index (χ2v) is 6.36. The summed E-state index contributed by atoms with van der Waals surface area (Å²) in [4.78, 5) is 24.0. The van der Waals surface area contributed by atoms with Crippen molar-refractivity contribution in [1.29, 1.82) is 0 Å². The van der Waals surface area contributed by atoms with Gasteiger partial charge in [-0.25, -0.2) is 0 Å². The highest BCUT2D eigenvalue weighted by Gasteiger charge is 2.54. The molecule has 0 unspecified atom stereocenters. The van der Waals surface area contributed by atoms with Crippen LogP contribution in [0.15, 0.2) is 30.3 Å². The van der Waals surface area contributed by atoms with Gasteiger partial charge in [-0.05, 0) is 43.6 Å². The van der Waals surface area contributed by atoms with Crippen molar-refractivity contribution in [2.45, 2.75) is 32.2 Å². The van der Waals surface area contributed by atoms with Crippen molar-refractivity contribution in [2.75, 3.05) is 0 Å². The molecular weight excluding hydrogens is 266 g/mol. The SMILES string of the molecule is C[C@H](NC(=O)[C@H]1[C@H]2CC[C@@H](C2)[C@H]1C(=O)O)c1ccccc1. The number of fused-ring (bicyclic) bond motifs is 2. The van der Waals surface area contributed by atoms with Gasteiger partial charge in [0.15, 0.2) is 0 Å². The number of hydrogen-bond acceptors (Lipinski definition) is 2. The summed E-state index contributed by atoms with van der Waals surface area (Å²) in [7, 11) is 0. The third kappa shape index (κ3) is 2.55. The summed E-state index contributed by atoms with van der Waals surface area (Å²) in [6.07, 6.45) is 2.85. The molecule has 1 amide bonds. The van der Waals surface area contributed by atoms with Crippen LogP contribution < -0.4 is 5.32 Å². The van der Waals surface area contributed by atoms with Crippen molar-refractivity contribution in [3.63, 3.8) is 0 Å². The van der Waals surface area contributed by atoms with Crippen LogP contribution in [-0.4, -0.2) is 17.0 Å². The van der Waals surface area contributed by atoms with E-state index in [1.165, 1.54) is 0 Å². The van der Waals surface area contributed by atoms with Crippen LogP contribution in [0.2, 0.25) is 0 Å². The Balaban J connectivity index is 1.72. The number of hydrogen-bond donors (Lipinski definition) is 2. The first-order valence-corrected chi connectivity index (χ1v) is 7.66. The Morgan fingerprint density at radius 1 is 1.14 bits per heavy atom. The smallest absolute Gasteiger partial charge is 0.307 e. The van der Waals surface area contributed by atoms with Gasteiger partial charge in [0.1, 0.15) is 0 Å². The molecule has 2 aliphatic carbocycles. The molecule has 0 spiro atoms. The minimum absolute atomic E-state index is 0.0905. The maximum absolute atomic E-state index is 12.6. The lowest BCUT2D eigenvalue weighted by molar-refractivity contribution is -0.149. The summed E-state index contributed by atoms with van der Waals surface area (Å²) in [6, 6.07) is 9.67. The van der Waals surface area contributed by atoms with Gasteiger partial charge in [-0.1, -0.05) is 30.3 Å². The molecule has 5 atom stereocenters. The fourth-order valence-electron chi connectivity index (χ4n) is 4.16. The largest absolute Gasteiger partial charge is 0.481 e. The second-order valence-electron chi connectivity index (χ2n) is 6.36. The molecule has 2 saturated carbocycles. The topological polar surface area (TPSA) is 66.4 Å². The monoisotopic (exact) mass is 287 g/mol. The van der Waals surface area contributed by atoms with Crippen molar-refractivity contribution < 1.29 is 14.7 Å². The fraction of sp³-hybridized carbons (Fsp3) is 0.529. The van der Waals surface area contributed by atoms with E-state index in [4.69, 9.17) is 0 Å². The Morgan fingerprint density at radius 2 is 1.76 bits per heavy atom. The van der Waals surface area contributed by atoms with Crippen LogP contribution in [0.5, 0.6) is 0 Å². The quantitative estimate of drug-likeness (QED) is 0.894. The molecule has 1 aromatic rings. The minimum atomic E-state index is -0.810. The van der Waals surface area contributed by atoms with E-state index in [9.17, 15) is 14.7 Å². The number of carboxylic acids is 1. The van der Waals surface area contributed by atoms with E-state index >= 15 is 0 Å². The molecule has 0 heterocycles. The summed E-state index contributed by atoms with van der Waals surface area (Å²) >= 11 is 0. The van der Waals surface area contributed by atoms with Gasteiger partial charge in [-0.3, -0.25) is 9.59 Å². The third-order valence-corrected chi connectivity index (χ3v) is 5.16. The molecule has 21 heavy (non-hydrogen) atoms. The van der Waals surface area contributed by atoms with Crippen molar-refractivity contribution in [3.05, 3.63) is 35.9 Å². The summed E-state index contributed by atoms with van der Waals surface area (Å²) in [6.45, 7) is 1.94. The Bertz CT molecular complexity index is 542. The Kier molecular flexibility index (Phi) is 3.70. The molecule has 2 fully saturated rings. The van der Waals surface area contributed by atoms with Crippen molar-refractivity contribution >= 4 is 11.9 Å². The van der Waals surface area contributed by atoms with Crippen LogP contribution in [0.4, 0.5) is 0 Å². The Hall–Kier alpha value is -1.84. The van der Waals surface area contributed by atoms with E-state index in [-0.39, 0.29) is 29.7 Å². The van der Waals surface area contributed by atoms with Crippen LogP contribution in [0, 0.1) is 23.7 Å². The standard InChI is InChI=1S/C17H21NO3/c1-10(11-5-3-2-4-6-11)18-16(19)14-12-7-8-13(9-12)15(14)17(20)21/h2-6,10,12-15H,7-9H2,1H3,(H,18,19)(H,20,21)/t10-,12-,13-,14-,15+/m0/s1. The molecule has 4 nitrogen and oxygen atoms in total. The maximum atomic E-state index is 12.6. The lowest BCUT2D eigenvalue weighted by Gasteiger charge is -2.28. The number of carbonyl (C=O) groups is 2. The van der Waals surface area contributed by atoms with Gasteiger partial charge < -0.3 is 10.4 Å². The molecule has 2 N–H and O–H groups in total. The lowest BCUT2D eigenvalue weighted by Crippen LogP contribution is -2.42. The summed E-state index contributed by atoms with van der Waals surface area (Å²) in [5.41, 5.74) is 1.04. The average molecular weight is 287 g/mol. The molecule has 2 aliphatic rings. The van der Waals surface area contributed by atoms with Crippen LogP contribution in [-0.2, 0) is 9.59 Å². The maximum Gasteiger partial charge on any atom is 0.307 e. The van der Waals surface area contributed by atoms with Gasteiger partial charge in [0, 0.05) is 0 Å². The number of amides is 1. The third-order valence-electron chi connectivity index (χ3n) is 5.16. The molecule has 0 saturated heterocycles.